The van der Waals surface area contributed by atoms with E-state index in [9.17, 15) is 0 Å². The lowest BCUT2D eigenvalue weighted by Crippen LogP contribution is -2.16. The Morgan fingerprint density at radius 1 is 1.21 bits per heavy atom. The first-order valence-electron chi connectivity index (χ1n) is 7.34. The molecule has 0 aromatic heterocycles. The maximum atomic E-state index is 5.99. The highest BCUT2D eigenvalue weighted by Gasteiger charge is 2.09. The zero-order chi connectivity index (χ0) is 14.1. The maximum Gasteiger partial charge on any atom is 0.127 e. The number of ether oxygens (including phenoxy) is 2. The zero-order valence-electron chi connectivity index (χ0n) is 12.7. The molecule has 0 radical (unpaired) electrons. The van der Waals surface area contributed by atoms with Crippen LogP contribution in [0.25, 0.3) is 0 Å². The quantitative estimate of drug-likeness (QED) is 0.737. The predicted octanol–water partition coefficient (Wildman–Crippen LogP) is 3.76. The maximum absolute atomic E-state index is 5.99. The Balaban J connectivity index is 2.83. The second-order valence-corrected chi connectivity index (χ2v) is 4.74. The summed E-state index contributed by atoms with van der Waals surface area (Å²) in [6.45, 7) is 11.0. The van der Waals surface area contributed by atoms with Crippen LogP contribution >= 0.6 is 0 Å². The van der Waals surface area contributed by atoms with Crippen LogP contribution in [0.3, 0.4) is 0 Å². The van der Waals surface area contributed by atoms with Gasteiger partial charge in [0, 0.05) is 18.2 Å². The molecule has 0 fully saturated rings. The van der Waals surface area contributed by atoms with E-state index >= 15 is 0 Å². The summed E-state index contributed by atoms with van der Waals surface area (Å²) in [5.74, 6) is 1.82. The molecule has 108 valence electrons. The van der Waals surface area contributed by atoms with Crippen molar-refractivity contribution in [3.63, 3.8) is 0 Å². The van der Waals surface area contributed by atoms with Crippen molar-refractivity contribution in [2.24, 2.45) is 0 Å². The molecule has 3 heteroatoms. The first-order chi connectivity index (χ1) is 9.21. The van der Waals surface area contributed by atoms with Gasteiger partial charge in [-0.05, 0) is 32.4 Å². The van der Waals surface area contributed by atoms with Crippen LogP contribution in [-0.4, -0.2) is 19.3 Å². The first kappa shape index (κ1) is 15.8. The van der Waals surface area contributed by atoms with E-state index in [0.717, 1.165) is 44.0 Å². The fourth-order valence-electron chi connectivity index (χ4n) is 1.66. The van der Waals surface area contributed by atoms with E-state index in [1.807, 2.05) is 12.1 Å². The van der Waals surface area contributed by atoms with E-state index in [2.05, 4.69) is 39.1 Å². The molecule has 0 saturated carbocycles. The lowest BCUT2D eigenvalue weighted by atomic mass is 10.2. The van der Waals surface area contributed by atoms with E-state index in [4.69, 9.17) is 9.47 Å². The average Bonchev–Trinajstić information content (AvgIpc) is 2.43. The Bertz CT molecular complexity index is 366. The summed E-state index contributed by atoms with van der Waals surface area (Å²) in [7, 11) is 0. The molecule has 0 heterocycles. The molecular weight excluding hydrogens is 238 g/mol. The second kappa shape index (κ2) is 8.81. The van der Waals surface area contributed by atoms with E-state index < -0.39 is 0 Å². The van der Waals surface area contributed by atoms with Crippen molar-refractivity contribution in [3.05, 3.63) is 23.8 Å². The van der Waals surface area contributed by atoms with Gasteiger partial charge >= 0.3 is 0 Å². The van der Waals surface area contributed by atoms with Crippen molar-refractivity contribution in [1.82, 2.24) is 5.32 Å². The lowest BCUT2D eigenvalue weighted by Gasteiger charge is -2.17. The highest BCUT2D eigenvalue weighted by Crippen LogP contribution is 2.26. The summed E-state index contributed by atoms with van der Waals surface area (Å²) in [5.41, 5.74) is 1.19. The topological polar surface area (TPSA) is 30.5 Å². The van der Waals surface area contributed by atoms with Gasteiger partial charge in [-0.25, -0.2) is 0 Å². The average molecular weight is 265 g/mol. The van der Waals surface area contributed by atoms with E-state index in [0.29, 0.717) is 0 Å². The van der Waals surface area contributed by atoms with Crippen LogP contribution in [0, 0.1) is 0 Å². The van der Waals surface area contributed by atoms with Crippen molar-refractivity contribution in [1.29, 1.82) is 0 Å². The number of hydrogen-bond acceptors (Lipinski definition) is 3. The summed E-state index contributed by atoms with van der Waals surface area (Å²) >= 11 is 0. The molecule has 1 unspecified atom stereocenters. The monoisotopic (exact) mass is 265 g/mol. The molecule has 0 saturated heterocycles. The predicted molar refractivity (Wildman–Crippen MR) is 80.0 cm³/mol. The van der Waals surface area contributed by atoms with Crippen LogP contribution in [0.5, 0.6) is 11.5 Å². The molecule has 0 amide bonds. The van der Waals surface area contributed by atoms with Gasteiger partial charge in [-0.1, -0.05) is 26.8 Å². The third-order valence-electron chi connectivity index (χ3n) is 2.98. The lowest BCUT2D eigenvalue weighted by molar-refractivity contribution is 0.213. The molecule has 19 heavy (non-hydrogen) atoms. The van der Waals surface area contributed by atoms with Gasteiger partial charge < -0.3 is 14.8 Å². The number of benzene rings is 1. The first-order valence-corrected chi connectivity index (χ1v) is 7.34. The van der Waals surface area contributed by atoms with Crippen LogP contribution in [0.4, 0.5) is 0 Å². The molecule has 0 aliphatic heterocycles. The largest absolute Gasteiger partial charge is 0.493 e. The second-order valence-electron chi connectivity index (χ2n) is 4.74. The summed E-state index contributed by atoms with van der Waals surface area (Å²) in [5, 5.41) is 3.34. The van der Waals surface area contributed by atoms with Crippen molar-refractivity contribution < 1.29 is 9.47 Å². The highest BCUT2D eigenvalue weighted by molar-refractivity contribution is 5.41. The van der Waals surface area contributed by atoms with Crippen molar-refractivity contribution in [2.45, 2.75) is 53.2 Å². The molecule has 1 N–H and O–H groups in total. The van der Waals surface area contributed by atoms with Crippen LogP contribution in [0.2, 0.25) is 0 Å². The van der Waals surface area contributed by atoms with Gasteiger partial charge in [0.25, 0.3) is 0 Å². The van der Waals surface area contributed by atoms with E-state index in [1.54, 1.807) is 0 Å². The van der Waals surface area contributed by atoms with Crippen molar-refractivity contribution >= 4 is 0 Å². The number of hydrogen-bond donors (Lipinski definition) is 1. The summed E-state index contributed by atoms with van der Waals surface area (Å²) < 4.78 is 11.7. The minimum absolute atomic E-state index is 0.224. The van der Waals surface area contributed by atoms with E-state index in [1.165, 1.54) is 5.56 Å². The molecule has 0 bridgehead atoms. The van der Waals surface area contributed by atoms with Gasteiger partial charge in [-0.2, -0.15) is 0 Å². The van der Waals surface area contributed by atoms with Crippen LogP contribution in [-0.2, 0) is 6.54 Å². The molecule has 1 rings (SSSR count). The minimum atomic E-state index is 0.224. The summed E-state index contributed by atoms with van der Waals surface area (Å²) in [4.78, 5) is 0. The van der Waals surface area contributed by atoms with Gasteiger partial charge in [0.15, 0.2) is 0 Å². The molecule has 1 atom stereocenters. The summed E-state index contributed by atoms with van der Waals surface area (Å²) in [6, 6.07) is 6.12. The molecule has 1 aromatic rings. The molecule has 0 aliphatic carbocycles. The van der Waals surface area contributed by atoms with Gasteiger partial charge in [-0.15, -0.1) is 0 Å². The normalized spacial score (nSPS) is 12.2. The molecule has 0 aliphatic rings. The van der Waals surface area contributed by atoms with Crippen LogP contribution in [0.1, 0.15) is 46.1 Å². The minimum Gasteiger partial charge on any atom is -0.493 e. The SMILES string of the molecule is CCCOc1ccc(CNCC)c(OC(C)CC)c1. The Hall–Kier alpha value is -1.22. The van der Waals surface area contributed by atoms with E-state index in [-0.39, 0.29) is 6.10 Å². The molecule has 1 aromatic carbocycles. The number of rotatable bonds is 9. The molecule has 3 nitrogen and oxygen atoms in total. The Kier molecular flexibility index (Phi) is 7.34. The van der Waals surface area contributed by atoms with Gasteiger partial charge in [-0.3, -0.25) is 0 Å². The highest BCUT2D eigenvalue weighted by atomic mass is 16.5. The van der Waals surface area contributed by atoms with Crippen molar-refractivity contribution in [2.75, 3.05) is 13.2 Å². The van der Waals surface area contributed by atoms with Crippen LogP contribution in [0.15, 0.2) is 18.2 Å². The fourth-order valence-corrected chi connectivity index (χ4v) is 1.66. The number of nitrogens with one attached hydrogen (secondary N) is 1. The van der Waals surface area contributed by atoms with Gasteiger partial charge in [0.1, 0.15) is 11.5 Å². The fraction of sp³-hybridized carbons (Fsp3) is 0.625. The van der Waals surface area contributed by atoms with Crippen molar-refractivity contribution in [3.8, 4) is 11.5 Å². The standard InChI is InChI=1S/C16H27NO2/c1-5-10-18-15-9-8-14(12-17-7-3)16(11-15)19-13(4)6-2/h8-9,11,13,17H,5-7,10,12H2,1-4H3. The van der Waals surface area contributed by atoms with Gasteiger partial charge in [0.05, 0.1) is 12.7 Å². The third-order valence-corrected chi connectivity index (χ3v) is 2.98. The Morgan fingerprint density at radius 3 is 2.63 bits per heavy atom. The summed E-state index contributed by atoms with van der Waals surface area (Å²) in [6.07, 6.45) is 2.24. The smallest absolute Gasteiger partial charge is 0.127 e. The Labute approximate surface area is 117 Å². The van der Waals surface area contributed by atoms with Gasteiger partial charge in [0.2, 0.25) is 0 Å². The third kappa shape index (κ3) is 5.52. The molecular formula is C16H27NO2. The van der Waals surface area contributed by atoms with Crippen LogP contribution < -0.4 is 14.8 Å². The zero-order valence-corrected chi connectivity index (χ0v) is 12.7. The molecule has 0 spiro atoms. The Morgan fingerprint density at radius 2 is 2.00 bits per heavy atom.